The zero-order chi connectivity index (χ0) is 21.2. The molecule has 0 amide bonds. The molecule has 3 nitrogen and oxygen atoms in total. The maximum absolute atomic E-state index is 4.26. The molecule has 1 aromatic carbocycles. The quantitative estimate of drug-likeness (QED) is 0.433. The maximum Gasteiger partial charge on any atom is 0.0348 e. The number of hydrogen-bond acceptors (Lipinski definition) is 3. The molecule has 1 aliphatic carbocycles. The summed E-state index contributed by atoms with van der Waals surface area (Å²) in [4.78, 5) is 0. The highest BCUT2D eigenvalue weighted by Crippen LogP contribution is 2.28. The average Bonchev–Trinajstić information content (AvgIpc) is 2.70. The third-order valence-corrected chi connectivity index (χ3v) is 6.31. The Hall–Kier alpha value is -1.74. The lowest BCUT2D eigenvalue weighted by Crippen LogP contribution is -2.35. The van der Waals surface area contributed by atoms with E-state index in [1.807, 2.05) is 0 Å². The van der Waals surface area contributed by atoms with Gasteiger partial charge in [0.1, 0.15) is 0 Å². The van der Waals surface area contributed by atoms with E-state index in [1.165, 1.54) is 42.4 Å². The fourth-order valence-electron chi connectivity index (χ4n) is 4.42. The first kappa shape index (κ1) is 23.5. The van der Waals surface area contributed by atoms with Gasteiger partial charge in [0.15, 0.2) is 0 Å². The van der Waals surface area contributed by atoms with E-state index in [9.17, 15) is 0 Å². The standard InChI is InChI=1S/C26H43N3/c1-7-26(8-2)29-21(5)16-27-17-23-9-11-24(12-10-23)18-28-22(6)25-14-19(3)13-20(4)15-25/h13-15,23-24,26-29H,5-12,16-18H2,1-4H3/t23-,24-. The predicted octanol–water partition coefficient (Wildman–Crippen LogP) is 5.55. The van der Waals surface area contributed by atoms with Crippen molar-refractivity contribution < 1.29 is 0 Å². The summed E-state index contributed by atoms with van der Waals surface area (Å²) in [6.45, 7) is 20.2. The number of hydrogen-bond donors (Lipinski definition) is 3. The van der Waals surface area contributed by atoms with Gasteiger partial charge in [0.25, 0.3) is 0 Å². The van der Waals surface area contributed by atoms with Crippen molar-refractivity contribution in [3.8, 4) is 0 Å². The smallest absolute Gasteiger partial charge is 0.0348 e. The molecule has 29 heavy (non-hydrogen) atoms. The van der Waals surface area contributed by atoms with Crippen LogP contribution in [0.4, 0.5) is 0 Å². The van der Waals surface area contributed by atoms with E-state index < -0.39 is 0 Å². The first-order chi connectivity index (χ1) is 13.9. The molecule has 0 aromatic heterocycles. The van der Waals surface area contributed by atoms with Crippen LogP contribution in [0.25, 0.3) is 5.70 Å². The fraction of sp³-hybridized carbons (Fsp3) is 0.615. The summed E-state index contributed by atoms with van der Waals surface area (Å²) in [5.74, 6) is 1.57. The van der Waals surface area contributed by atoms with Gasteiger partial charge >= 0.3 is 0 Å². The normalized spacial score (nSPS) is 19.2. The van der Waals surface area contributed by atoms with Crippen molar-refractivity contribution in [1.82, 2.24) is 16.0 Å². The Balaban J connectivity index is 1.62. The maximum atomic E-state index is 4.26. The molecule has 3 N–H and O–H groups in total. The Morgan fingerprint density at radius 1 is 0.931 bits per heavy atom. The first-order valence-corrected chi connectivity index (χ1v) is 11.6. The van der Waals surface area contributed by atoms with Gasteiger partial charge in [-0.15, -0.1) is 0 Å². The number of aryl methyl sites for hydroxylation is 2. The van der Waals surface area contributed by atoms with Crippen LogP contribution in [0.15, 0.2) is 37.1 Å². The van der Waals surface area contributed by atoms with Crippen LogP contribution in [0, 0.1) is 25.7 Å². The molecule has 2 rings (SSSR count). The van der Waals surface area contributed by atoms with Gasteiger partial charge in [-0.3, -0.25) is 0 Å². The molecule has 1 fully saturated rings. The van der Waals surface area contributed by atoms with Gasteiger partial charge in [-0.05, 0) is 88.4 Å². The van der Waals surface area contributed by atoms with E-state index in [0.717, 1.165) is 55.7 Å². The molecule has 1 aromatic rings. The van der Waals surface area contributed by atoms with Crippen molar-refractivity contribution >= 4 is 5.70 Å². The van der Waals surface area contributed by atoms with E-state index in [4.69, 9.17) is 0 Å². The van der Waals surface area contributed by atoms with E-state index in [1.54, 1.807) is 0 Å². The van der Waals surface area contributed by atoms with Crippen molar-refractivity contribution in [2.75, 3.05) is 19.6 Å². The van der Waals surface area contributed by atoms with Crippen molar-refractivity contribution in [2.45, 2.75) is 72.3 Å². The lowest BCUT2D eigenvalue weighted by molar-refractivity contribution is 0.268. The lowest BCUT2D eigenvalue weighted by atomic mass is 9.82. The average molecular weight is 398 g/mol. The van der Waals surface area contributed by atoms with Gasteiger partial charge in [0.05, 0.1) is 0 Å². The van der Waals surface area contributed by atoms with Crippen molar-refractivity contribution in [3.05, 3.63) is 53.7 Å². The van der Waals surface area contributed by atoms with Crippen LogP contribution in [0.2, 0.25) is 0 Å². The molecule has 0 spiro atoms. The fourth-order valence-corrected chi connectivity index (χ4v) is 4.42. The minimum atomic E-state index is 0.561. The van der Waals surface area contributed by atoms with Crippen LogP contribution in [-0.4, -0.2) is 25.7 Å². The molecule has 3 heteroatoms. The summed E-state index contributed by atoms with van der Waals surface area (Å²) in [6, 6.07) is 7.21. The summed E-state index contributed by atoms with van der Waals surface area (Å²) in [5, 5.41) is 10.7. The highest BCUT2D eigenvalue weighted by Gasteiger charge is 2.21. The minimum Gasteiger partial charge on any atom is -0.385 e. The van der Waals surface area contributed by atoms with Crippen LogP contribution in [-0.2, 0) is 0 Å². The van der Waals surface area contributed by atoms with E-state index in [-0.39, 0.29) is 0 Å². The Kier molecular flexibility index (Phi) is 9.80. The molecule has 0 radical (unpaired) electrons. The molecule has 0 saturated heterocycles. The largest absolute Gasteiger partial charge is 0.385 e. The predicted molar refractivity (Wildman–Crippen MR) is 128 cm³/mol. The second-order valence-corrected chi connectivity index (χ2v) is 9.01. The van der Waals surface area contributed by atoms with Crippen molar-refractivity contribution in [2.24, 2.45) is 11.8 Å². The molecule has 0 aliphatic heterocycles. The molecule has 0 heterocycles. The van der Waals surface area contributed by atoms with Gasteiger partial charge in [0, 0.05) is 30.5 Å². The Labute approximate surface area is 179 Å². The summed E-state index contributed by atoms with van der Waals surface area (Å²) in [6.07, 6.45) is 7.58. The monoisotopic (exact) mass is 397 g/mol. The lowest BCUT2D eigenvalue weighted by Gasteiger charge is -2.29. The van der Waals surface area contributed by atoms with Gasteiger partial charge < -0.3 is 16.0 Å². The molecule has 0 bridgehead atoms. The number of rotatable bonds is 12. The molecule has 162 valence electrons. The molecule has 1 saturated carbocycles. The highest BCUT2D eigenvalue weighted by atomic mass is 15.0. The molecular weight excluding hydrogens is 354 g/mol. The molecular formula is C26H43N3. The van der Waals surface area contributed by atoms with Crippen LogP contribution in [0.5, 0.6) is 0 Å². The SMILES string of the molecule is C=C(CNC[C@H]1CC[C@H](CNC(=C)c2cc(C)cc(C)c2)CC1)NC(CC)CC. The van der Waals surface area contributed by atoms with Gasteiger partial charge in [-0.1, -0.05) is 44.2 Å². The van der Waals surface area contributed by atoms with Crippen molar-refractivity contribution in [1.29, 1.82) is 0 Å². The Morgan fingerprint density at radius 2 is 1.48 bits per heavy atom. The van der Waals surface area contributed by atoms with E-state index >= 15 is 0 Å². The number of benzene rings is 1. The summed E-state index contributed by atoms with van der Waals surface area (Å²) in [5.41, 5.74) is 6.01. The highest BCUT2D eigenvalue weighted by molar-refractivity contribution is 5.63. The zero-order valence-electron chi connectivity index (χ0n) is 19.2. The first-order valence-electron chi connectivity index (χ1n) is 11.6. The molecule has 0 unspecified atom stereocenters. The van der Waals surface area contributed by atoms with Gasteiger partial charge in [-0.25, -0.2) is 0 Å². The molecule has 1 aliphatic rings. The van der Waals surface area contributed by atoms with Crippen molar-refractivity contribution in [3.63, 3.8) is 0 Å². The summed E-state index contributed by atoms with van der Waals surface area (Å²) in [7, 11) is 0. The Bertz CT molecular complexity index is 632. The summed E-state index contributed by atoms with van der Waals surface area (Å²) < 4.78 is 0. The van der Waals surface area contributed by atoms with E-state index in [2.05, 4.69) is 75.0 Å². The third-order valence-electron chi connectivity index (χ3n) is 6.31. The van der Waals surface area contributed by atoms with Gasteiger partial charge in [0.2, 0.25) is 0 Å². The van der Waals surface area contributed by atoms with Crippen LogP contribution < -0.4 is 16.0 Å². The van der Waals surface area contributed by atoms with E-state index in [0.29, 0.717) is 6.04 Å². The van der Waals surface area contributed by atoms with Crippen LogP contribution >= 0.6 is 0 Å². The minimum absolute atomic E-state index is 0.561. The Morgan fingerprint density at radius 3 is 2.03 bits per heavy atom. The second-order valence-electron chi connectivity index (χ2n) is 9.01. The molecule has 0 atom stereocenters. The summed E-state index contributed by atoms with van der Waals surface area (Å²) >= 11 is 0. The number of nitrogens with one attached hydrogen (secondary N) is 3. The van der Waals surface area contributed by atoms with Crippen LogP contribution in [0.1, 0.15) is 69.1 Å². The third kappa shape index (κ3) is 8.26. The van der Waals surface area contributed by atoms with Gasteiger partial charge in [-0.2, -0.15) is 0 Å². The van der Waals surface area contributed by atoms with Crippen LogP contribution in [0.3, 0.4) is 0 Å². The zero-order valence-corrected chi connectivity index (χ0v) is 19.2. The second kappa shape index (κ2) is 12.1. The topological polar surface area (TPSA) is 36.1 Å².